The van der Waals surface area contributed by atoms with E-state index in [2.05, 4.69) is 5.32 Å². The van der Waals surface area contributed by atoms with Crippen LogP contribution in [0.2, 0.25) is 0 Å². The van der Waals surface area contributed by atoms with Gasteiger partial charge in [0.1, 0.15) is 5.82 Å². The van der Waals surface area contributed by atoms with E-state index >= 15 is 0 Å². The number of hydrogen-bond donors (Lipinski definition) is 3. The molecule has 0 radical (unpaired) electrons. The first-order chi connectivity index (χ1) is 11.7. The molecule has 1 amide bonds. The number of carbonyl (C=O) groups excluding carboxylic acids is 1. The SMILES string of the molecule is CS(=O)(=O)Nc1cc(C(=O)N[C@H]2CCCCC[C@H]2C(=O)O)ccc1F. The van der Waals surface area contributed by atoms with E-state index in [1.54, 1.807) is 0 Å². The fourth-order valence-electron chi connectivity index (χ4n) is 2.97. The molecule has 1 saturated carbocycles. The van der Waals surface area contributed by atoms with Crippen molar-refractivity contribution in [3.05, 3.63) is 29.6 Å². The van der Waals surface area contributed by atoms with E-state index < -0.39 is 39.7 Å². The van der Waals surface area contributed by atoms with Crippen LogP contribution in [-0.4, -0.2) is 37.7 Å². The summed E-state index contributed by atoms with van der Waals surface area (Å²) in [6.07, 6.45) is 4.45. The number of rotatable bonds is 5. The number of carboxylic acids is 1. The van der Waals surface area contributed by atoms with Crippen molar-refractivity contribution >= 4 is 27.6 Å². The number of carbonyl (C=O) groups is 2. The molecule has 0 aromatic heterocycles. The van der Waals surface area contributed by atoms with Crippen molar-refractivity contribution in [1.82, 2.24) is 5.32 Å². The second-order valence-corrected chi connectivity index (χ2v) is 7.98. The van der Waals surface area contributed by atoms with Gasteiger partial charge in [0, 0.05) is 11.6 Å². The highest BCUT2D eigenvalue weighted by molar-refractivity contribution is 7.92. The van der Waals surface area contributed by atoms with Gasteiger partial charge in [-0.2, -0.15) is 0 Å². The fourth-order valence-corrected chi connectivity index (χ4v) is 3.53. The van der Waals surface area contributed by atoms with Crippen molar-refractivity contribution in [1.29, 1.82) is 0 Å². The minimum Gasteiger partial charge on any atom is -0.481 e. The van der Waals surface area contributed by atoms with Gasteiger partial charge in [-0.25, -0.2) is 12.8 Å². The van der Waals surface area contributed by atoms with Gasteiger partial charge in [0.05, 0.1) is 17.9 Å². The summed E-state index contributed by atoms with van der Waals surface area (Å²) in [4.78, 5) is 23.8. The summed E-state index contributed by atoms with van der Waals surface area (Å²) in [6, 6.07) is 2.80. The summed E-state index contributed by atoms with van der Waals surface area (Å²) in [7, 11) is -3.69. The average Bonchev–Trinajstić information content (AvgIpc) is 2.73. The predicted octanol–water partition coefficient (Wildman–Crippen LogP) is 1.96. The number of nitrogens with one attached hydrogen (secondary N) is 2. The number of aliphatic carboxylic acids is 1. The van der Waals surface area contributed by atoms with Gasteiger partial charge in [0.2, 0.25) is 10.0 Å². The lowest BCUT2D eigenvalue weighted by Crippen LogP contribution is -2.42. The Morgan fingerprint density at radius 2 is 1.88 bits per heavy atom. The number of carboxylic acid groups (broad SMARTS) is 1. The van der Waals surface area contributed by atoms with Crippen molar-refractivity contribution in [3.63, 3.8) is 0 Å². The molecule has 1 fully saturated rings. The third-order valence-electron chi connectivity index (χ3n) is 4.17. The van der Waals surface area contributed by atoms with Crippen molar-refractivity contribution < 1.29 is 27.5 Å². The lowest BCUT2D eigenvalue weighted by atomic mass is 9.94. The molecule has 1 aliphatic rings. The number of amides is 1. The van der Waals surface area contributed by atoms with Crippen LogP contribution < -0.4 is 10.0 Å². The van der Waals surface area contributed by atoms with Gasteiger partial charge < -0.3 is 10.4 Å². The Balaban J connectivity index is 2.19. The van der Waals surface area contributed by atoms with E-state index in [4.69, 9.17) is 0 Å². The molecule has 0 bridgehead atoms. The first-order valence-electron chi connectivity index (χ1n) is 7.98. The molecule has 0 unspecified atom stereocenters. The maximum atomic E-state index is 13.7. The minimum atomic E-state index is -3.69. The smallest absolute Gasteiger partial charge is 0.308 e. The Hall–Kier alpha value is -2.16. The molecular weight excluding hydrogens is 351 g/mol. The van der Waals surface area contributed by atoms with E-state index in [0.717, 1.165) is 37.7 Å². The molecule has 7 nitrogen and oxygen atoms in total. The third kappa shape index (κ3) is 5.42. The molecule has 1 aliphatic carbocycles. The summed E-state index contributed by atoms with van der Waals surface area (Å²) in [6.45, 7) is 0. The van der Waals surface area contributed by atoms with Crippen LogP contribution in [0.5, 0.6) is 0 Å². The Morgan fingerprint density at radius 1 is 1.20 bits per heavy atom. The normalized spacial score (nSPS) is 21.2. The predicted molar refractivity (Wildman–Crippen MR) is 90.3 cm³/mol. The summed E-state index contributed by atoms with van der Waals surface area (Å²) in [5.74, 6) is -2.99. The minimum absolute atomic E-state index is 0.0564. The van der Waals surface area contributed by atoms with Crippen LogP contribution in [0.25, 0.3) is 0 Å². The van der Waals surface area contributed by atoms with E-state index in [9.17, 15) is 27.5 Å². The zero-order valence-corrected chi connectivity index (χ0v) is 14.6. The van der Waals surface area contributed by atoms with Crippen LogP contribution in [0.3, 0.4) is 0 Å². The summed E-state index contributed by atoms with van der Waals surface area (Å²) >= 11 is 0. The lowest BCUT2D eigenvalue weighted by molar-refractivity contribution is -0.142. The van der Waals surface area contributed by atoms with E-state index in [1.165, 1.54) is 6.07 Å². The number of benzene rings is 1. The third-order valence-corrected chi connectivity index (χ3v) is 4.76. The molecule has 1 aromatic carbocycles. The number of hydrogen-bond acceptors (Lipinski definition) is 4. The van der Waals surface area contributed by atoms with E-state index in [-0.39, 0.29) is 11.3 Å². The van der Waals surface area contributed by atoms with Gasteiger partial charge in [0.15, 0.2) is 0 Å². The molecule has 9 heteroatoms. The average molecular weight is 372 g/mol. The second kappa shape index (κ2) is 7.81. The summed E-state index contributed by atoms with van der Waals surface area (Å²) in [5, 5.41) is 12.0. The van der Waals surface area contributed by atoms with E-state index in [1.807, 2.05) is 4.72 Å². The summed E-state index contributed by atoms with van der Waals surface area (Å²) in [5.41, 5.74) is -0.272. The lowest BCUT2D eigenvalue weighted by Gasteiger charge is -2.23. The van der Waals surface area contributed by atoms with Gasteiger partial charge in [-0.3, -0.25) is 14.3 Å². The van der Waals surface area contributed by atoms with Crippen molar-refractivity contribution in [2.45, 2.75) is 38.1 Å². The van der Waals surface area contributed by atoms with Crippen LogP contribution in [0.15, 0.2) is 18.2 Å². The highest BCUT2D eigenvalue weighted by Gasteiger charge is 2.30. The Bertz CT molecular complexity index is 766. The molecule has 0 spiro atoms. The number of halogens is 1. The monoisotopic (exact) mass is 372 g/mol. The molecule has 0 aliphatic heterocycles. The molecule has 0 saturated heterocycles. The topological polar surface area (TPSA) is 113 Å². The van der Waals surface area contributed by atoms with Crippen molar-refractivity contribution in [2.75, 3.05) is 11.0 Å². The summed E-state index contributed by atoms with van der Waals surface area (Å²) < 4.78 is 38.2. The van der Waals surface area contributed by atoms with Crippen LogP contribution in [0.1, 0.15) is 42.5 Å². The van der Waals surface area contributed by atoms with Gasteiger partial charge in [-0.15, -0.1) is 0 Å². The highest BCUT2D eigenvalue weighted by Crippen LogP contribution is 2.24. The maximum Gasteiger partial charge on any atom is 0.308 e. The molecular formula is C16H21FN2O5S. The van der Waals surface area contributed by atoms with Gasteiger partial charge in [-0.1, -0.05) is 19.3 Å². The van der Waals surface area contributed by atoms with Crippen LogP contribution in [0, 0.1) is 11.7 Å². The quantitative estimate of drug-likeness (QED) is 0.684. The van der Waals surface area contributed by atoms with Crippen molar-refractivity contribution in [3.8, 4) is 0 Å². The van der Waals surface area contributed by atoms with Gasteiger partial charge in [-0.05, 0) is 31.0 Å². The largest absolute Gasteiger partial charge is 0.481 e. The maximum absolute atomic E-state index is 13.7. The Kier molecular flexibility index (Phi) is 5.99. The zero-order valence-electron chi connectivity index (χ0n) is 13.8. The standard InChI is InChI=1S/C16H21FN2O5S/c1-25(23,24)19-14-9-10(7-8-12(14)17)15(20)18-13-6-4-2-3-5-11(13)16(21)22/h7-9,11,13,19H,2-6H2,1H3,(H,18,20)(H,21,22)/t11-,13+/m1/s1. The molecule has 2 rings (SSSR count). The van der Waals surface area contributed by atoms with E-state index in [0.29, 0.717) is 12.8 Å². The molecule has 0 heterocycles. The Morgan fingerprint density at radius 3 is 2.52 bits per heavy atom. The number of sulfonamides is 1. The fraction of sp³-hybridized carbons (Fsp3) is 0.500. The number of anilines is 1. The molecule has 3 N–H and O–H groups in total. The van der Waals surface area contributed by atoms with Crippen LogP contribution >= 0.6 is 0 Å². The van der Waals surface area contributed by atoms with Crippen LogP contribution in [0.4, 0.5) is 10.1 Å². The van der Waals surface area contributed by atoms with Gasteiger partial charge >= 0.3 is 5.97 Å². The molecule has 25 heavy (non-hydrogen) atoms. The molecule has 2 atom stereocenters. The van der Waals surface area contributed by atoms with Crippen LogP contribution in [-0.2, 0) is 14.8 Å². The van der Waals surface area contributed by atoms with Crippen molar-refractivity contribution in [2.24, 2.45) is 5.92 Å². The molecule has 1 aromatic rings. The first kappa shape index (κ1) is 19.2. The molecule has 138 valence electrons. The van der Waals surface area contributed by atoms with Gasteiger partial charge in [0.25, 0.3) is 5.91 Å². The zero-order chi connectivity index (χ0) is 18.6. The Labute approximate surface area is 145 Å². The highest BCUT2D eigenvalue weighted by atomic mass is 32.2. The second-order valence-electron chi connectivity index (χ2n) is 6.23. The first-order valence-corrected chi connectivity index (χ1v) is 9.87.